The summed E-state index contributed by atoms with van der Waals surface area (Å²) in [5.74, 6) is -0.240. The summed E-state index contributed by atoms with van der Waals surface area (Å²) < 4.78 is 20.0. The Balaban J connectivity index is 1.73. The van der Waals surface area contributed by atoms with Gasteiger partial charge in [0.1, 0.15) is 5.54 Å². The van der Waals surface area contributed by atoms with Crippen LogP contribution in [0.1, 0.15) is 13.8 Å². The van der Waals surface area contributed by atoms with Crippen LogP contribution in [0.25, 0.3) is 10.8 Å². The monoisotopic (exact) mass is 360 g/mol. The Morgan fingerprint density at radius 3 is 2.40 bits per heavy atom. The molecule has 0 aromatic heterocycles. The molecule has 0 radical (unpaired) electrons. The first-order valence-electron chi connectivity index (χ1n) is 8.43. The summed E-state index contributed by atoms with van der Waals surface area (Å²) in [4.78, 5) is 14.9. The van der Waals surface area contributed by atoms with Crippen LogP contribution in [0.3, 0.4) is 0 Å². The molecule has 0 aliphatic carbocycles. The summed E-state index contributed by atoms with van der Waals surface area (Å²) >= 11 is -1.21. The highest BCUT2D eigenvalue weighted by Gasteiger charge is 2.39. The summed E-state index contributed by atoms with van der Waals surface area (Å²) in [6, 6.07) is 13.9. The Morgan fingerprint density at radius 1 is 1.08 bits per heavy atom. The zero-order valence-corrected chi connectivity index (χ0v) is 15.7. The molecule has 1 fully saturated rings. The van der Waals surface area contributed by atoms with Crippen molar-refractivity contribution in [2.45, 2.75) is 24.3 Å². The van der Waals surface area contributed by atoms with E-state index in [0.29, 0.717) is 26.2 Å². The Morgan fingerprint density at radius 2 is 1.72 bits per heavy atom. The topological polar surface area (TPSA) is 55.8 Å². The van der Waals surface area contributed by atoms with E-state index in [0.717, 1.165) is 15.7 Å². The van der Waals surface area contributed by atoms with Crippen LogP contribution in [-0.4, -0.2) is 58.6 Å². The summed E-state index contributed by atoms with van der Waals surface area (Å²) in [5, 5.41) is 2.12. The maximum absolute atomic E-state index is 13.1. The Bertz CT molecular complexity index is 752. The van der Waals surface area contributed by atoms with Crippen molar-refractivity contribution in [1.82, 2.24) is 9.21 Å². The third-order valence-electron chi connectivity index (χ3n) is 4.89. The molecule has 1 unspecified atom stereocenters. The molecule has 1 aliphatic rings. The fourth-order valence-corrected chi connectivity index (χ4v) is 4.62. The average Bonchev–Trinajstić information content (AvgIpc) is 2.66. The molecule has 1 aliphatic heterocycles. The van der Waals surface area contributed by atoms with Crippen LogP contribution in [0, 0.1) is 0 Å². The van der Waals surface area contributed by atoms with Crippen molar-refractivity contribution < 1.29 is 14.1 Å². The molecule has 1 atom stereocenters. The van der Waals surface area contributed by atoms with Gasteiger partial charge in [0.15, 0.2) is 4.90 Å². The minimum atomic E-state index is -1.21. The van der Waals surface area contributed by atoms with E-state index in [4.69, 9.17) is 4.74 Å². The van der Waals surface area contributed by atoms with Crippen LogP contribution in [0.4, 0.5) is 0 Å². The van der Waals surface area contributed by atoms with Crippen molar-refractivity contribution in [3.63, 3.8) is 0 Å². The van der Waals surface area contributed by atoms with E-state index in [1.54, 1.807) is 0 Å². The molecule has 2 aromatic carbocycles. The number of carbonyl (C=O) groups is 1. The van der Waals surface area contributed by atoms with E-state index in [9.17, 15) is 9.35 Å². The molecule has 0 bridgehead atoms. The molecule has 2 aromatic rings. The summed E-state index contributed by atoms with van der Waals surface area (Å²) in [6.45, 7) is 6.40. The van der Waals surface area contributed by atoms with Crippen LogP contribution >= 0.6 is 0 Å². The quantitative estimate of drug-likeness (QED) is 0.619. The number of carbonyl (C=O) groups excluding carboxylic acids is 1. The number of hydrogen-bond acceptors (Lipinski definition) is 5. The van der Waals surface area contributed by atoms with Crippen molar-refractivity contribution >= 4 is 28.1 Å². The first-order chi connectivity index (χ1) is 11.9. The van der Waals surface area contributed by atoms with Gasteiger partial charge in [-0.05, 0) is 31.4 Å². The largest absolute Gasteiger partial charge is 0.593 e. The molecular formula is C19H24N2O3S. The normalized spacial score (nSPS) is 18.2. The van der Waals surface area contributed by atoms with Gasteiger partial charge in [0.25, 0.3) is 0 Å². The lowest BCUT2D eigenvalue weighted by Gasteiger charge is -2.41. The predicted octanol–water partition coefficient (Wildman–Crippen LogP) is 2.43. The predicted molar refractivity (Wildman–Crippen MR) is 99.6 cm³/mol. The lowest BCUT2D eigenvalue weighted by molar-refractivity contribution is -0.154. The lowest BCUT2D eigenvalue weighted by atomic mass is 10.0. The third-order valence-corrected chi connectivity index (χ3v) is 6.45. The number of hydrogen-bond donors (Lipinski definition) is 0. The smallest absolute Gasteiger partial charge is 0.325 e. The van der Waals surface area contributed by atoms with E-state index >= 15 is 0 Å². The van der Waals surface area contributed by atoms with E-state index in [1.165, 1.54) is 7.11 Å². The minimum absolute atomic E-state index is 0.240. The van der Waals surface area contributed by atoms with E-state index in [1.807, 2.05) is 60.6 Å². The maximum atomic E-state index is 13.1. The van der Waals surface area contributed by atoms with Gasteiger partial charge in [0.05, 0.1) is 31.6 Å². The maximum Gasteiger partial charge on any atom is 0.325 e. The van der Waals surface area contributed by atoms with E-state index in [2.05, 4.69) is 4.90 Å². The van der Waals surface area contributed by atoms with Gasteiger partial charge in [0.2, 0.25) is 0 Å². The molecule has 0 spiro atoms. The van der Waals surface area contributed by atoms with Gasteiger partial charge in [-0.15, -0.1) is 4.31 Å². The Kier molecular flexibility index (Phi) is 5.34. The highest BCUT2D eigenvalue weighted by atomic mass is 32.2. The highest BCUT2D eigenvalue weighted by Crippen LogP contribution is 2.27. The van der Waals surface area contributed by atoms with Gasteiger partial charge in [0, 0.05) is 18.5 Å². The standard InChI is InChI=1S/C19H24N2O3S/c1-19(2,18(22)24-3)20-11-13-21(14-12-20)25(23)17-10-6-8-15-7-4-5-9-16(15)17/h4-10H,11-14H2,1-3H3. The number of esters is 1. The second-order valence-electron chi connectivity index (χ2n) is 6.69. The molecule has 3 rings (SSSR count). The molecule has 0 saturated carbocycles. The van der Waals surface area contributed by atoms with Crippen molar-refractivity contribution in [3.8, 4) is 0 Å². The molecule has 6 heteroatoms. The van der Waals surface area contributed by atoms with Crippen LogP contribution in [0.15, 0.2) is 47.4 Å². The zero-order chi connectivity index (χ0) is 18.0. The van der Waals surface area contributed by atoms with Crippen molar-refractivity contribution in [1.29, 1.82) is 0 Å². The van der Waals surface area contributed by atoms with Gasteiger partial charge in [-0.3, -0.25) is 9.69 Å². The molecular weight excluding hydrogens is 336 g/mol. The van der Waals surface area contributed by atoms with Crippen molar-refractivity contribution in [2.24, 2.45) is 0 Å². The Hall–Kier alpha value is -1.60. The SMILES string of the molecule is COC(=O)C(C)(C)N1CCN([S+]([O-])c2cccc3ccccc23)CC1. The van der Waals surface area contributed by atoms with Crippen LogP contribution < -0.4 is 0 Å². The van der Waals surface area contributed by atoms with Gasteiger partial charge >= 0.3 is 5.97 Å². The molecule has 5 nitrogen and oxygen atoms in total. The highest BCUT2D eigenvalue weighted by molar-refractivity contribution is 7.89. The van der Waals surface area contributed by atoms with E-state index in [-0.39, 0.29) is 5.97 Å². The number of fused-ring (bicyclic) bond motifs is 1. The van der Waals surface area contributed by atoms with Crippen LogP contribution in [0.2, 0.25) is 0 Å². The Labute approximate surface area is 151 Å². The van der Waals surface area contributed by atoms with Gasteiger partial charge in [-0.2, -0.15) is 0 Å². The number of benzene rings is 2. The first kappa shape index (κ1) is 18.2. The number of nitrogens with zero attached hydrogens (tertiary/aromatic N) is 2. The fraction of sp³-hybridized carbons (Fsp3) is 0.421. The minimum Gasteiger partial charge on any atom is -0.593 e. The summed E-state index contributed by atoms with van der Waals surface area (Å²) in [5.41, 5.74) is -0.665. The molecule has 1 saturated heterocycles. The summed E-state index contributed by atoms with van der Waals surface area (Å²) in [6.07, 6.45) is 0. The van der Waals surface area contributed by atoms with Crippen molar-refractivity contribution in [2.75, 3.05) is 33.3 Å². The average molecular weight is 360 g/mol. The van der Waals surface area contributed by atoms with E-state index < -0.39 is 16.9 Å². The first-order valence-corrected chi connectivity index (χ1v) is 9.54. The molecule has 0 amide bonds. The molecule has 134 valence electrons. The van der Waals surface area contributed by atoms with Crippen LogP contribution in [-0.2, 0) is 20.9 Å². The number of piperazine rings is 1. The number of ether oxygens (including phenoxy) is 1. The van der Waals surface area contributed by atoms with Gasteiger partial charge in [-0.1, -0.05) is 30.3 Å². The van der Waals surface area contributed by atoms with Gasteiger partial charge < -0.3 is 9.29 Å². The summed E-state index contributed by atoms with van der Waals surface area (Å²) in [7, 11) is 1.41. The zero-order valence-electron chi connectivity index (χ0n) is 14.9. The molecule has 25 heavy (non-hydrogen) atoms. The molecule has 0 N–H and O–H groups in total. The number of methoxy groups -OCH3 is 1. The van der Waals surface area contributed by atoms with Crippen molar-refractivity contribution in [3.05, 3.63) is 42.5 Å². The lowest BCUT2D eigenvalue weighted by Crippen LogP contribution is -2.58. The number of rotatable bonds is 4. The third kappa shape index (κ3) is 3.53. The molecule has 1 heterocycles. The second-order valence-corrected chi connectivity index (χ2v) is 8.15. The van der Waals surface area contributed by atoms with Crippen LogP contribution in [0.5, 0.6) is 0 Å². The van der Waals surface area contributed by atoms with Gasteiger partial charge in [-0.25, -0.2) is 0 Å². The second kappa shape index (κ2) is 7.33. The fourth-order valence-electron chi connectivity index (χ4n) is 3.28.